The Balaban J connectivity index is 1.33. The molecular formula is C20H17FN2OS2. The number of hydrogen-bond donors (Lipinski definition) is 0. The molecule has 0 saturated carbocycles. The van der Waals surface area contributed by atoms with Crippen LogP contribution in [0.5, 0.6) is 0 Å². The number of para-hydroxylation sites is 1. The van der Waals surface area contributed by atoms with Crippen molar-refractivity contribution in [2.75, 3.05) is 17.2 Å². The first-order valence-electron chi connectivity index (χ1n) is 8.37. The molecule has 2 heterocycles. The average molecular weight is 385 g/mol. The molecule has 0 radical (unpaired) electrons. The summed E-state index contributed by atoms with van der Waals surface area (Å²) < 4.78 is 13.0. The lowest BCUT2D eigenvalue weighted by atomic mass is 10.2. The maximum Gasteiger partial charge on any atom is 0.237 e. The fourth-order valence-corrected chi connectivity index (χ4v) is 4.74. The van der Waals surface area contributed by atoms with Gasteiger partial charge in [-0.25, -0.2) is 9.37 Å². The Labute approximate surface area is 159 Å². The van der Waals surface area contributed by atoms with Gasteiger partial charge in [-0.2, -0.15) is 0 Å². The average Bonchev–Trinajstić information content (AvgIpc) is 3.29. The number of carbonyl (C=O) groups is 1. The minimum Gasteiger partial charge on any atom is -0.311 e. The molecule has 3 nitrogen and oxygen atoms in total. The molecule has 1 aliphatic heterocycles. The largest absolute Gasteiger partial charge is 0.311 e. The van der Waals surface area contributed by atoms with E-state index in [1.807, 2.05) is 28.5 Å². The van der Waals surface area contributed by atoms with Crippen molar-refractivity contribution in [3.63, 3.8) is 0 Å². The van der Waals surface area contributed by atoms with Crippen LogP contribution < -0.4 is 4.90 Å². The maximum atomic E-state index is 13.0. The summed E-state index contributed by atoms with van der Waals surface area (Å²) >= 11 is 3.12. The Kier molecular flexibility index (Phi) is 5.04. The number of thiazole rings is 1. The number of rotatable bonds is 5. The summed E-state index contributed by atoms with van der Waals surface area (Å²) in [7, 11) is 0. The standard InChI is InChI=1S/C20H17FN2OS2/c21-16-7-5-15(6-8-16)20-22-17(12-26-20)11-25-13-19(24)23-10-9-14-3-1-2-4-18(14)23/h1-8,12H,9-11,13H2. The van der Waals surface area contributed by atoms with Gasteiger partial charge < -0.3 is 4.90 Å². The fraction of sp³-hybridized carbons (Fsp3) is 0.200. The molecule has 132 valence electrons. The molecule has 1 aliphatic rings. The smallest absolute Gasteiger partial charge is 0.237 e. The lowest BCUT2D eigenvalue weighted by molar-refractivity contribution is -0.116. The first-order valence-corrected chi connectivity index (χ1v) is 10.4. The van der Waals surface area contributed by atoms with Gasteiger partial charge in [0.05, 0.1) is 11.4 Å². The Hall–Kier alpha value is -2.18. The quantitative estimate of drug-likeness (QED) is 0.635. The second-order valence-electron chi connectivity index (χ2n) is 6.07. The molecule has 0 bridgehead atoms. The SMILES string of the molecule is O=C(CSCc1csc(-c2ccc(F)cc2)n1)N1CCc2ccccc21. The Morgan fingerprint density at radius 1 is 1.19 bits per heavy atom. The highest BCUT2D eigenvalue weighted by Crippen LogP contribution is 2.29. The van der Waals surface area contributed by atoms with Crippen molar-refractivity contribution in [2.24, 2.45) is 0 Å². The third-order valence-corrected chi connectivity index (χ3v) is 6.20. The third-order valence-electron chi connectivity index (χ3n) is 4.31. The summed E-state index contributed by atoms with van der Waals surface area (Å²) in [5, 5.41) is 2.88. The number of nitrogens with zero attached hydrogens (tertiary/aromatic N) is 2. The van der Waals surface area contributed by atoms with Crippen LogP contribution in [0, 0.1) is 5.82 Å². The molecule has 1 amide bonds. The Morgan fingerprint density at radius 3 is 2.85 bits per heavy atom. The molecule has 1 aromatic heterocycles. The number of benzene rings is 2. The Morgan fingerprint density at radius 2 is 2.00 bits per heavy atom. The minimum atomic E-state index is -0.247. The molecule has 6 heteroatoms. The van der Waals surface area contributed by atoms with E-state index in [4.69, 9.17) is 0 Å². The van der Waals surface area contributed by atoms with Crippen molar-refractivity contribution >= 4 is 34.7 Å². The molecule has 4 rings (SSSR count). The van der Waals surface area contributed by atoms with E-state index in [0.29, 0.717) is 11.5 Å². The second kappa shape index (κ2) is 7.60. The monoisotopic (exact) mass is 384 g/mol. The van der Waals surface area contributed by atoms with Crippen molar-refractivity contribution in [2.45, 2.75) is 12.2 Å². The highest BCUT2D eigenvalue weighted by atomic mass is 32.2. The molecule has 26 heavy (non-hydrogen) atoms. The van der Waals surface area contributed by atoms with E-state index in [1.54, 1.807) is 35.2 Å². The zero-order chi connectivity index (χ0) is 17.9. The van der Waals surface area contributed by atoms with Crippen molar-refractivity contribution in [1.82, 2.24) is 4.98 Å². The molecule has 0 aliphatic carbocycles. The van der Waals surface area contributed by atoms with Crippen LogP contribution in [0.3, 0.4) is 0 Å². The van der Waals surface area contributed by atoms with Gasteiger partial charge in [0.1, 0.15) is 10.8 Å². The number of anilines is 1. The fourth-order valence-electron chi connectivity index (χ4n) is 3.02. The van der Waals surface area contributed by atoms with Gasteiger partial charge in [-0.15, -0.1) is 23.1 Å². The zero-order valence-electron chi connectivity index (χ0n) is 14.0. The molecule has 2 aromatic carbocycles. The first kappa shape index (κ1) is 17.2. The van der Waals surface area contributed by atoms with Gasteiger partial charge in [-0.1, -0.05) is 18.2 Å². The van der Waals surface area contributed by atoms with E-state index in [-0.39, 0.29) is 11.7 Å². The van der Waals surface area contributed by atoms with Crippen molar-refractivity contribution < 1.29 is 9.18 Å². The van der Waals surface area contributed by atoms with Gasteiger partial charge in [0.25, 0.3) is 0 Å². The van der Waals surface area contributed by atoms with Crippen LogP contribution in [0.15, 0.2) is 53.9 Å². The number of carbonyl (C=O) groups excluding carboxylic acids is 1. The number of thioether (sulfide) groups is 1. The van der Waals surface area contributed by atoms with Gasteiger partial charge in [0.2, 0.25) is 5.91 Å². The van der Waals surface area contributed by atoms with Crippen LogP contribution >= 0.6 is 23.1 Å². The van der Waals surface area contributed by atoms with Crippen LogP contribution in [0.2, 0.25) is 0 Å². The topological polar surface area (TPSA) is 33.2 Å². The van der Waals surface area contributed by atoms with Crippen LogP contribution in [-0.4, -0.2) is 23.2 Å². The van der Waals surface area contributed by atoms with Gasteiger partial charge in [-0.05, 0) is 42.3 Å². The van der Waals surface area contributed by atoms with E-state index in [1.165, 1.54) is 17.7 Å². The van der Waals surface area contributed by atoms with Crippen LogP contribution in [0.1, 0.15) is 11.3 Å². The predicted octanol–water partition coefficient (Wildman–Crippen LogP) is 4.77. The molecule has 0 fully saturated rings. The van der Waals surface area contributed by atoms with Crippen molar-refractivity contribution in [3.05, 3.63) is 71.0 Å². The van der Waals surface area contributed by atoms with Gasteiger partial charge in [0, 0.05) is 28.9 Å². The highest BCUT2D eigenvalue weighted by Gasteiger charge is 2.23. The van der Waals surface area contributed by atoms with E-state index >= 15 is 0 Å². The van der Waals surface area contributed by atoms with Gasteiger partial charge in [0.15, 0.2) is 0 Å². The summed E-state index contributed by atoms with van der Waals surface area (Å²) in [4.78, 5) is 19.0. The van der Waals surface area contributed by atoms with Crippen LogP contribution in [0.4, 0.5) is 10.1 Å². The lowest BCUT2D eigenvalue weighted by Gasteiger charge is -2.16. The number of halogens is 1. The van der Waals surface area contributed by atoms with E-state index in [2.05, 4.69) is 11.1 Å². The molecule has 0 saturated heterocycles. The third kappa shape index (κ3) is 3.66. The number of fused-ring (bicyclic) bond motifs is 1. The molecule has 0 atom stereocenters. The summed E-state index contributed by atoms with van der Waals surface area (Å²) in [6, 6.07) is 14.4. The molecule has 0 N–H and O–H groups in total. The molecule has 0 unspecified atom stereocenters. The second-order valence-corrected chi connectivity index (χ2v) is 7.91. The summed E-state index contributed by atoms with van der Waals surface area (Å²) in [6.07, 6.45) is 0.930. The number of aromatic nitrogens is 1. The van der Waals surface area contributed by atoms with Crippen molar-refractivity contribution in [1.29, 1.82) is 0 Å². The molecule has 3 aromatic rings. The van der Waals surface area contributed by atoms with E-state index < -0.39 is 0 Å². The Bertz CT molecular complexity index is 924. The number of amides is 1. The number of hydrogen-bond acceptors (Lipinski definition) is 4. The summed E-state index contributed by atoms with van der Waals surface area (Å²) in [6.45, 7) is 0.768. The summed E-state index contributed by atoms with van der Waals surface area (Å²) in [5.41, 5.74) is 4.16. The van der Waals surface area contributed by atoms with Crippen LogP contribution in [0.25, 0.3) is 10.6 Å². The predicted molar refractivity (Wildman–Crippen MR) is 106 cm³/mol. The first-order chi connectivity index (χ1) is 12.7. The normalized spacial score (nSPS) is 13.0. The van der Waals surface area contributed by atoms with Gasteiger partial charge >= 0.3 is 0 Å². The maximum absolute atomic E-state index is 13.0. The highest BCUT2D eigenvalue weighted by molar-refractivity contribution is 7.99. The molecular weight excluding hydrogens is 367 g/mol. The molecule has 0 spiro atoms. The van der Waals surface area contributed by atoms with Crippen molar-refractivity contribution in [3.8, 4) is 10.6 Å². The van der Waals surface area contributed by atoms with Gasteiger partial charge in [-0.3, -0.25) is 4.79 Å². The van der Waals surface area contributed by atoms with E-state index in [0.717, 1.165) is 34.9 Å². The van der Waals surface area contributed by atoms with Crippen LogP contribution in [-0.2, 0) is 17.0 Å². The minimum absolute atomic E-state index is 0.147. The summed E-state index contributed by atoms with van der Waals surface area (Å²) in [5.74, 6) is 1.04. The zero-order valence-corrected chi connectivity index (χ0v) is 15.7. The lowest BCUT2D eigenvalue weighted by Crippen LogP contribution is -2.30. The van der Waals surface area contributed by atoms with E-state index in [9.17, 15) is 9.18 Å².